The van der Waals surface area contributed by atoms with Gasteiger partial charge in [-0.05, 0) is 43.7 Å². The molecule has 0 aromatic carbocycles. The van der Waals surface area contributed by atoms with E-state index in [0.29, 0.717) is 5.41 Å². The average Bonchev–Trinajstić information content (AvgIpc) is 2.77. The Kier molecular flexibility index (Phi) is 25.3. The van der Waals surface area contributed by atoms with Crippen LogP contribution in [0.15, 0.2) is 0 Å². The van der Waals surface area contributed by atoms with Crippen LogP contribution in [0.4, 0.5) is 0 Å². The molecule has 0 aromatic heterocycles. The fourth-order valence-corrected chi connectivity index (χ4v) is 6.27. The van der Waals surface area contributed by atoms with E-state index < -0.39 is 0 Å². The Hall–Kier alpha value is 0.910. The second kappa shape index (κ2) is 24.6. The van der Waals surface area contributed by atoms with E-state index >= 15 is 0 Å². The van der Waals surface area contributed by atoms with E-state index in [-0.39, 0.29) is 0 Å². The van der Waals surface area contributed by atoms with E-state index in [1.165, 1.54) is 154 Å². The molecule has 0 fully saturated rings. The van der Waals surface area contributed by atoms with E-state index in [1.807, 2.05) is 0 Å². The second-order valence-corrected chi connectivity index (χ2v) is 12.5. The summed E-state index contributed by atoms with van der Waals surface area (Å²) in [5, 5.41) is 0. The summed E-state index contributed by atoms with van der Waals surface area (Å²) in [6, 6.07) is 0. The molecular formula is C28H58BrP. The van der Waals surface area contributed by atoms with Gasteiger partial charge in [-0.2, -0.15) is 0 Å². The molecule has 0 spiro atoms. The van der Waals surface area contributed by atoms with Gasteiger partial charge in [0.25, 0.3) is 0 Å². The number of hydrogen-bond donors (Lipinski definition) is 0. The normalized spacial score (nSPS) is 12.4. The molecular weight excluding hydrogens is 447 g/mol. The van der Waals surface area contributed by atoms with Crippen molar-refractivity contribution in [3.8, 4) is 0 Å². The Balaban J connectivity index is 3.75. The predicted octanol–water partition coefficient (Wildman–Crippen LogP) is 12.0. The van der Waals surface area contributed by atoms with Crippen molar-refractivity contribution in [1.82, 2.24) is 0 Å². The van der Waals surface area contributed by atoms with Crippen LogP contribution in [0, 0.1) is 5.41 Å². The minimum atomic E-state index is 0.691. The van der Waals surface area contributed by atoms with E-state index in [2.05, 4.69) is 36.3 Å². The fraction of sp³-hybridized carbons (Fsp3) is 1.00. The molecule has 0 rings (SSSR count). The third-order valence-electron chi connectivity index (χ3n) is 7.16. The number of rotatable bonds is 25. The van der Waals surface area contributed by atoms with Gasteiger partial charge in [0.1, 0.15) is 0 Å². The van der Waals surface area contributed by atoms with Crippen LogP contribution in [-0.4, -0.2) is 6.16 Å². The van der Waals surface area contributed by atoms with Gasteiger partial charge >= 0.3 is 0 Å². The molecule has 0 radical (unpaired) electrons. The molecule has 0 aliphatic carbocycles. The molecule has 0 aliphatic rings. The first-order valence-electron chi connectivity index (χ1n) is 14.1. The standard InChI is InChI=1S/C28H58BrP/c1-4-7-23-28(24-8-5-2,25-9-6-3)26-21-19-17-15-13-11-10-12-14-16-18-20-22-27-30-29/h30H,4-27H2,1-3H3. The highest BCUT2D eigenvalue weighted by molar-refractivity contribution is 9.36. The summed E-state index contributed by atoms with van der Waals surface area (Å²) in [6.45, 7) is 7.12. The summed E-state index contributed by atoms with van der Waals surface area (Å²) in [4.78, 5) is 0. The first-order valence-corrected chi connectivity index (χ1v) is 17.5. The van der Waals surface area contributed by atoms with Crippen molar-refractivity contribution in [2.75, 3.05) is 6.16 Å². The highest BCUT2D eigenvalue weighted by atomic mass is 79.9. The van der Waals surface area contributed by atoms with Gasteiger partial charge in [0, 0.05) is 0 Å². The lowest BCUT2D eigenvalue weighted by Crippen LogP contribution is -2.21. The first-order chi connectivity index (χ1) is 14.7. The van der Waals surface area contributed by atoms with Crippen LogP contribution in [0.3, 0.4) is 0 Å². The van der Waals surface area contributed by atoms with E-state index in [4.69, 9.17) is 0 Å². The summed E-state index contributed by atoms with van der Waals surface area (Å²) in [5.41, 5.74) is 0.691. The van der Waals surface area contributed by atoms with Crippen molar-refractivity contribution in [2.24, 2.45) is 5.41 Å². The molecule has 182 valence electrons. The largest absolute Gasteiger partial charge is 0.0654 e. The highest BCUT2D eigenvalue weighted by Crippen LogP contribution is 2.41. The Bertz CT molecular complexity index is 296. The summed E-state index contributed by atoms with van der Waals surface area (Å²) in [6.07, 6.45) is 35.1. The van der Waals surface area contributed by atoms with Crippen molar-refractivity contribution in [2.45, 2.75) is 168 Å². The van der Waals surface area contributed by atoms with Crippen molar-refractivity contribution >= 4 is 22.8 Å². The van der Waals surface area contributed by atoms with Crippen LogP contribution in [0.25, 0.3) is 0 Å². The summed E-state index contributed by atoms with van der Waals surface area (Å²) >= 11 is 3.55. The maximum Gasteiger partial charge on any atom is -0.0255 e. The summed E-state index contributed by atoms with van der Waals surface area (Å²) in [5.74, 6) is 0. The molecule has 30 heavy (non-hydrogen) atoms. The van der Waals surface area contributed by atoms with Crippen molar-refractivity contribution in [3.05, 3.63) is 0 Å². The van der Waals surface area contributed by atoms with E-state index in [0.717, 1.165) is 7.28 Å². The van der Waals surface area contributed by atoms with Gasteiger partial charge in [-0.1, -0.05) is 159 Å². The Labute approximate surface area is 202 Å². The third kappa shape index (κ3) is 19.6. The first kappa shape index (κ1) is 30.9. The zero-order valence-corrected chi connectivity index (χ0v) is 23.9. The van der Waals surface area contributed by atoms with Crippen LogP contribution in [-0.2, 0) is 0 Å². The third-order valence-corrected chi connectivity index (χ3v) is 8.89. The maximum atomic E-state index is 3.55. The molecule has 0 N–H and O–H groups in total. The molecule has 0 aliphatic heterocycles. The smallest absolute Gasteiger partial charge is 0.0255 e. The quantitative estimate of drug-likeness (QED) is 0.0855. The molecule has 1 unspecified atom stereocenters. The number of unbranched alkanes of at least 4 members (excludes halogenated alkanes) is 15. The SMILES string of the molecule is CCCCC(CCCC)(CCCC)CCCCCCCCCCCCCCCPBr. The Morgan fingerprint density at radius 2 is 0.733 bits per heavy atom. The molecule has 2 heteroatoms. The van der Waals surface area contributed by atoms with Gasteiger partial charge in [0.05, 0.1) is 0 Å². The van der Waals surface area contributed by atoms with Crippen LogP contribution >= 0.6 is 22.8 Å². The van der Waals surface area contributed by atoms with E-state index in [9.17, 15) is 0 Å². The molecule has 0 saturated carbocycles. The topological polar surface area (TPSA) is 0 Å². The molecule has 0 heterocycles. The number of hydrogen-bond acceptors (Lipinski definition) is 0. The van der Waals surface area contributed by atoms with Gasteiger partial charge in [-0.15, -0.1) is 0 Å². The average molecular weight is 506 g/mol. The van der Waals surface area contributed by atoms with E-state index in [1.54, 1.807) is 0 Å². The lowest BCUT2D eigenvalue weighted by atomic mass is 9.71. The Morgan fingerprint density at radius 1 is 0.433 bits per heavy atom. The molecule has 0 nitrogen and oxygen atoms in total. The van der Waals surface area contributed by atoms with Crippen LogP contribution in [0.1, 0.15) is 168 Å². The maximum absolute atomic E-state index is 3.55. The lowest BCUT2D eigenvalue weighted by Gasteiger charge is -2.35. The number of halogens is 1. The van der Waals surface area contributed by atoms with Crippen molar-refractivity contribution < 1.29 is 0 Å². The van der Waals surface area contributed by atoms with Gasteiger partial charge in [0.15, 0.2) is 0 Å². The minimum Gasteiger partial charge on any atom is -0.0654 e. The van der Waals surface area contributed by atoms with Gasteiger partial charge in [-0.3, -0.25) is 0 Å². The monoisotopic (exact) mass is 504 g/mol. The van der Waals surface area contributed by atoms with Gasteiger partial charge in [-0.25, -0.2) is 0 Å². The van der Waals surface area contributed by atoms with Gasteiger partial charge in [0.2, 0.25) is 0 Å². The van der Waals surface area contributed by atoms with Gasteiger partial charge < -0.3 is 0 Å². The summed E-state index contributed by atoms with van der Waals surface area (Å²) < 4.78 is 0. The minimum absolute atomic E-state index is 0.691. The van der Waals surface area contributed by atoms with Crippen molar-refractivity contribution in [1.29, 1.82) is 0 Å². The van der Waals surface area contributed by atoms with Crippen LogP contribution < -0.4 is 0 Å². The molecule has 0 saturated heterocycles. The van der Waals surface area contributed by atoms with Crippen LogP contribution in [0.5, 0.6) is 0 Å². The zero-order valence-electron chi connectivity index (χ0n) is 21.3. The second-order valence-electron chi connectivity index (χ2n) is 10.0. The predicted molar refractivity (Wildman–Crippen MR) is 148 cm³/mol. The molecule has 1 atom stereocenters. The highest BCUT2D eigenvalue weighted by Gasteiger charge is 2.27. The molecule has 0 bridgehead atoms. The molecule has 0 amide bonds. The lowest BCUT2D eigenvalue weighted by molar-refractivity contribution is 0.175. The van der Waals surface area contributed by atoms with Crippen molar-refractivity contribution in [3.63, 3.8) is 0 Å². The summed E-state index contributed by atoms with van der Waals surface area (Å²) in [7, 11) is 0.977. The fourth-order valence-electron chi connectivity index (χ4n) is 5.04. The zero-order chi connectivity index (χ0) is 22.2. The molecule has 0 aromatic rings. The van der Waals surface area contributed by atoms with Crippen LogP contribution in [0.2, 0.25) is 0 Å². The Morgan fingerprint density at radius 3 is 1.07 bits per heavy atom.